The number of alkyl halides is 6. The highest BCUT2D eigenvalue weighted by Gasteiger charge is 2.29. The molecule has 0 aromatic heterocycles. The van der Waals surface area contributed by atoms with Crippen LogP contribution in [0.2, 0.25) is 0 Å². The lowest BCUT2D eigenvalue weighted by atomic mass is 11.0. The Kier molecular flexibility index (Phi) is 7.81. The first kappa shape index (κ1) is 16.0. The van der Waals surface area contributed by atoms with Crippen LogP contribution in [-0.4, -0.2) is 27.6 Å². The summed E-state index contributed by atoms with van der Waals surface area (Å²) in [4.78, 5) is 0. The fourth-order valence-corrected chi connectivity index (χ4v) is 3.93. The second-order valence-electron chi connectivity index (χ2n) is 1.97. The van der Waals surface area contributed by atoms with E-state index in [2.05, 4.69) is 0 Å². The maximum Gasteiger partial charge on any atom is 0.452 e. The molecule has 0 saturated heterocycles. The highest BCUT2D eigenvalue weighted by molar-refractivity contribution is 8.77. The summed E-state index contributed by atoms with van der Waals surface area (Å²) in [5, 5.41) is -0.180. The molecule has 0 atom stereocenters. The van der Waals surface area contributed by atoms with E-state index in [4.69, 9.17) is 0 Å². The molecular formula is C5H6F6S4. The van der Waals surface area contributed by atoms with Crippen molar-refractivity contribution >= 4 is 45.1 Å². The molecule has 0 aliphatic rings. The first-order valence-electron chi connectivity index (χ1n) is 3.36. The van der Waals surface area contributed by atoms with Crippen LogP contribution in [0, 0.1) is 0 Å². The van der Waals surface area contributed by atoms with Crippen molar-refractivity contribution in [3.8, 4) is 0 Å². The minimum Gasteiger partial charge on any atom is -0.160 e. The lowest BCUT2D eigenvalue weighted by Gasteiger charge is -2.05. The average molecular weight is 308 g/mol. The SMILES string of the molecule is FC(F)(F)SCSCCSSC(F)(F)F. The third-order valence-electron chi connectivity index (χ3n) is 0.770. The molecule has 0 rings (SSSR count). The molecule has 0 saturated carbocycles. The Morgan fingerprint density at radius 1 is 0.800 bits per heavy atom. The fraction of sp³-hybridized carbons (Fsp3) is 1.00. The second-order valence-corrected chi connectivity index (χ2v) is 6.96. The molecule has 0 radical (unpaired) electrons. The fourth-order valence-electron chi connectivity index (χ4n) is 0.369. The summed E-state index contributed by atoms with van der Waals surface area (Å²) in [5.74, 6) is 0.448. The standard InChI is InChI=1S/C5H6F6S4/c6-4(7,8)13-3-12-1-2-14-15-5(9,10)11/h1-3H2. The quantitative estimate of drug-likeness (QED) is 0.298. The van der Waals surface area contributed by atoms with Crippen molar-refractivity contribution in [1.82, 2.24) is 0 Å². The van der Waals surface area contributed by atoms with E-state index in [1.165, 1.54) is 0 Å². The van der Waals surface area contributed by atoms with Crippen molar-refractivity contribution in [2.45, 2.75) is 11.0 Å². The zero-order valence-corrected chi connectivity index (χ0v) is 10.3. The van der Waals surface area contributed by atoms with Crippen LogP contribution < -0.4 is 0 Å². The summed E-state index contributed by atoms with van der Waals surface area (Å²) in [6.45, 7) is 0. The number of thioether (sulfide) groups is 2. The molecule has 0 aliphatic heterocycles. The van der Waals surface area contributed by atoms with Crippen LogP contribution in [-0.2, 0) is 0 Å². The van der Waals surface area contributed by atoms with Gasteiger partial charge >= 0.3 is 11.0 Å². The molecular weight excluding hydrogens is 302 g/mol. The highest BCUT2D eigenvalue weighted by atomic mass is 33.1. The predicted molar refractivity (Wildman–Crippen MR) is 57.1 cm³/mol. The van der Waals surface area contributed by atoms with Gasteiger partial charge in [0.05, 0.1) is 0 Å². The molecule has 15 heavy (non-hydrogen) atoms. The Hall–Kier alpha value is 0.980. The van der Waals surface area contributed by atoms with Gasteiger partial charge in [-0.1, -0.05) is 10.8 Å². The Labute approximate surface area is 99.1 Å². The Balaban J connectivity index is 3.20. The molecule has 0 heterocycles. The van der Waals surface area contributed by atoms with Crippen LogP contribution in [0.5, 0.6) is 0 Å². The molecule has 0 bridgehead atoms. The van der Waals surface area contributed by atoms with Gasteiger partial charge in [-0.2, -0.15) is 26.3 Å². The van der Waals surface area contributed by atoms with E-state index in [-0.39, 0.29) is 39.1 Å². The van der Waals surface area contributed by atoms with Gasteiger partial charge in [-0.25, -0.2) is 0 Å². The Morgan fingerprint density at radius 3 is 1.87 bits per heavy atom. The van der Waals surface area contributed by atoms with Crippen molar-refractivity contribution in [3.05, 3.63) is 0 Å². The van der Waals surface area contributed by atoms with Gasteiger partial charge in [0.1, 0.15) is 0 Å². The minimum absolute atomic E-state index is 0.174. The molecule has 0 amide bonds. The third kappa shape index (κ3) is 15.0. The van der Waals surface area contributed by atoms with Crippen molar-refractivity contribution in [2.75, 3.05) is 16.6 Å². The molecule has 0 aliphatic carbocycles. The van der Waals surface area contributed by atoms with E-state index in [0.717, 1.165) is 11.8 Å². The van der Waals surface area contributed by atoms with Crippen LogP contribution in [0.1, 0.15) is 0 Å². The molecule has 0 aromatic rings. The van der Waals surface area contributed by atoms with Crippen molar-refractivity contribution < 1.29 is 26.3 Å². The summed E-state index contributed by atoms with van der Waals surface area (Å²) in [5.41, 5.74) is -8.54. The molecule has 10 heteroatoms. The number of hydrogen-bond donors (Lipinski definition) is 0. The van der Waals surface area contributed by atoms with Crippen molar-refractivity contribution in [3.63, 3.8) is 0 Å². The lowest BCUT2D eigenvalue weighted by molar-refractivity contribution is -0.0329. The number of hydrogen-bond acceptors (Lipinski definition) is 4. The second kappa shape index (κ2) is 7.33. The lowest BCUT2D eigenvalue weighted by Crippen LogP contribution is -2.00. The van der Waals surface area contributed by atoms with Gasteiger partial charge in [-0.3, -0.25) is 0 Å². The summed E-state index contributed by atoms with van der Waals surface area (Å²) in [7, 11) is 0.370. The molecule has 0 unspecified atom stereocenters. The minimum atomic E-state index is -4.28. The van der Waals surface area contributed by atoms with Gasteiger partial charge < -0.3 is 0 Å². The first-order valence-corrected chi connectivity index (χ1v) is 7.82. The first-order chi connectivity index (χ1) is 6.71. The highest BCUT2D eigenvalue weighted by Crippen LogP contribution is 2.40. The maximum atomic E-state index is 11.6. The molecule has 92 valence electrons. The summed E-state index contributed by atoms with van der Waals surface area (Å²) in [6, 6.07) is 0. The van der Waals surface area contributed by atoms with Crippen LogP contribution in [0.4, 0.5) is 26.3 Å². The normalized spacial score (nSPS) is 13.2. The zero-order valence-electron chi connectivity index (χ0n) is 7.02. The number of rotatable bonds is 6. The maximum absolute atomic E-state index is 11.6. The summed E-state index contributed by atoms with van der Waals surface area (Å²) >= 11 is 0.794. The molecule has 0 N–H and O–H groups in total. The summed E-state index contributed by atoms with van der Waals surface area (Å²) < 4.78 is 69.4. The Bertz CT molecular complexity index is 148. The van der Waals surface area contributed by atoms with E-state index < -0.39 is 11.0 Å². The third-order valence-corrected chi connectivity index (χ3v) is 5.09. The number of halogens is 6. The summed E-state index contributed by atoms with van der Waals surface area (Å²) in [6.07, 6.45) is 0. The van der Waals surface area contributed by atoms with Gasteiger partial charge in [-0.05, 0) is 11.8 Å². The Morgan fingerprint density at radius 2 is 1.40 bits per heavy atom. The van der Waals surface area contributed by atoms with Crippen molar-refractivity contribution in [2.24, 2.45) is 0 Å². The van der Waals surface area contributed by atoms with Crippen LogP contribution in [0.25, 0.3) is 0 Å². The smallest absolute Gasteiger partial charge is 0.160 e. The van der Waals surface area contributed by atoms with E-state index in [0.29, 0.717) is 10.8 Å². The van der Waals surface area contributed by atoms with E-state index in [1.54, 1.807) is 0 Å². The van der Waals surface area contributed by atoms with Gasteiger partial charge in [0.15, 0.2) is 0 Å². The molecule has 0 fully saturated rings. The van der Waals surface area contributed by atoms with Gasteiger partial charge in [0.25, 0.3) is 0 Å². The van der Waals surface area contributed by atoms with Crippen LogP contribution >= 0.6 is 45.1 Å². The monoisotopic (exact) mass is 308 g/mol. The predicted octanol–water partition coefficient (Wildman–Crippen LogP) is 4.83. The van der Waals surface area contributed by atoms with Crippen LogP contribution in [0.15, 0.2) is 0 Å². The van der Waals surface area contributed by atoms with Gasteiger partial charge in [0.2, 0.25) is 0 Å². The van der Waals surface area contributed by atoms with Crippen LogP contribution in [0.3, 0.4) is 0 Å². The average Bonchev–Trinajstić information content (AvgIpc) is 1.98. The molecule has 0 aromatic carbocycles. The van der Waals surface area contributed by atoms with E-state index in [9.17, 15) is 26.3 Å². The topological polar surface area (TPSA) is 0 Å². The van der Waals surface area contributed by atoms with E-state index in [1.807, 2.05) is 0 Å². The van der Waals surface area contributed by atoms with Crippen molar-refractivity contribution in [1.29, 1.82) is 0 Å². The van der Waals surface area contributed by atoms with E-state index >= 15 is 0 Å². The molecule has 0 spiro atoms. The largest absolute Gasteiger partial charge is 0.452 e. The molecule has 0 nitrogen and oxygen atoms in total. The van der Waals surface area contributed by atoms with Gasteiger partial charge in [-0.15, -0.1) is 11.8 Å². The van der Waals surface area contributed by atoms with Gasteiger partial charge in [0, 0.05) is 27.4 Å². The zero-order chi connectivity index (χ0) is 11.9.